The minimum atomic E-state index is -1.33. The van der Waals surface area contributed by atoms with Gasteiger partial charge in [0.25, 0.3) is 0 Å². The molecule has 12 nitrogen and oxygen atoms in total. The number of hydrogen-bond acceptors (Lipinski definition) is 12. The summed E-state index contributed by atoms with van der Waals surface area (Å²) in [6.07, 6.45) is 5.35. The average Bonchev–Trinajstić information content (AvgIpc) is 3.73. The molecule has 1 aliphatic rings. The number of para-hydroxylation sites is 2. The molecule has 0 spiro atoms. The maximum atomic E-state index is 13.1. The molecular weight excluding hydrogens is 838 g/mol. The number of aromatic nitrogens is 4. The highest BCUT2D eigenvalue weighted by Crippen LogP contribution is 2.46. The number of piperidine rings is 1. The molecule has 0 aliphatic carbocycles. The lowest BCUT2D eigenvalue weighted by molar-refractivity contribution is -0.145. The molecule has 0 radical (unpaired) electrons. The number of hydrogen-bond donors (Lipinski definition) is 1. The van der Waals surface area contributed by atoms with E-state index >= 15 is 0 Å². The Morgan fingerprint density at radius 2 is 1.70 bits per heavy atom. The number of nitrogens with zero attached hydrogens (tertiary/aromatic N) is 5. The van der Waals surface area contributed by atoms with Gasteiger partial charge in [-0.25, -0.2) is 14.8 Å². The molecule has 7 aromatic rings. The van der Waals surface area contributed by atoms with E-state index in [-0.39, 0.29) is 18.9 Å². The van der Waals surface area contributed by atoms with Crippen LogP contribution in [0, 0.1) is 12.8 Å². The Bertz CT molecular complexity index is 2720. The third-order valence-corrected chi connectivity index (χ3v) is 12.6. The molecular formula is C49H48ClN5O7S. The van der Waals surface area contributed by atoms with Crippen molar-refractivity contribution in [2.24, 2.45) is 5.92 Å². The molecule has 4 heterocycles. The van der Waals surface area contributed by atoms with Gasteiger partial charge in [0.2, 0.25) is 12.0 Å². The third-order valence-electron chi connectivity index (χ3n) is 11.4. The highest BCUT2D eigenvalue weighted by Gasteiger charge is 2.28. The van der Waals surface area contributed by atoms with Gasteiger partial charge in [-0.05, 0) is 123 Å². The van der Waals surface area contributed by atoms with Gasteiger partial charge in [-0.3, -0.25) is 4.98 Å². The lowest BCUT2D eigenvalue weighted by Crippen LogP contribution is -2.30. The Kier molecular flexibility index (Phi) is 13.7. The molecule has 0 amide bonds. The summed E-state index contributed by atoms with van der Waals surface area (Å²) < 4.78 is 35.5. The van der Waals surface area contributed by atoms with Crippen LogP contribution in [0.4, 0.5) is 0 Å². The summed E-state index contributed by atoms with van der Waals surface area (Å²) in [5, 5.41) is 11.8. The number of likely N-dealkylation sites (tertiary alicyclic amines) is 1. The zero-order valence-corrected chi connectivity index (χ0v) is 37.1. The summed E-state index contributed by atoms with van der Waals surface area (Å²) in [5.74, 6) is 2.55. The van der Waals surface area contributed by atoms with E-state index in [1.807, 2.05) is 85.8 Å². The standard InChI is InChI=1S/C49H48ClN5O7S/c1-30-36(16-17-40(45(30)50)60-25-21-31-19-23-55(2)24-20-31)43-44-42(28-52-46(43)33-11-9-12-35(26-33)58-3)63-54-48(44)62-41(49(56)57)27-32-10-5-7-14-38(32)61-29-34-18-22-51-47(53-34)37-13-6-8-15-39(37)59-4/h5-18,22,26,28,31,41H,19-21,23-25,27,29H2,1-4H3,(H,56,57). The molecule has 14 heteroatoms. The van der Waals surface area contributed by atoms with E-state index in [2.05, 4.69) is 16.9 Å². The van der Waals surface area contributed by atoms with Crippen LogP contribution in [-0.2, 0) is 17.8 Å². The Labute approximate surface area is 375 Å². The van der Waals surface area contributed by atoms with Crippen molar-refractivity contribution >= 4 is 39.2 Å². The van der Waals surface area contributed by atoms with Gasteiger partial charge in [0.15, 0.2) is 5.82 Å². The van der Waals surface area contributed by atoms with Gasteiger partial charge in [-0.2, -0.15) is 4.37 Å². The number of aliphatic carboxylic acids is 1. The minimum absolute atomic E-state index is 0.0155. The van der Waals surface area contributed by atoms with Crippen LogP contribution in [0.2, 0.25) is 5.02 Å². The highest BCUT2D eigenvalue weighted by molar-refractivity contribution is 7.13. The first kappa shape index (κ1) is 43.4. The van der Waals surface area contributed by atoms with Gasteiger partial charge >= 0.3 is 5.97 Å². The van der Waals surface area contributed by atoms with E-state index in [1.54, 1.807) is 38.7 Å². The van der Waals surface area contributed by atoms with E-state index < -0.39 is 12.1 Å². The van der Waals surface area contributed by atoms with E-state index in [4.69, 9.17) is 49.6 Å². The summed E-state index contributed by atoms with van der Waals surface area (Å²) in [4.78, 5) is 29.5. The predicted octanol–water partition coefficient (Wildman–Crippen LogP) is 10.2. The fourth-order valence-corrected chi connectivity index (χ4v) is 8.80. The molecule has 0 bridgehead atoms. The van der Waals surface area contributed by atoms with Crippen molar-refractivity contribution in [1.29, 1.82) is 0 Å². The molecule has 1 atom stereocenters. The number of rotatable bonds is 17. The number of carboxylic acids is 1. The molecule has 1 aliphatic heterocycles. The topological polar surface area (TPSA) is 138 Å². The summed E-state index contributed by atoms with van der Waals surface area (Å²) in [7, 11) is 5.39. The van der Waals surface area contributed by atoms with E-state index in [9.17, 15) is 9.90 Å². The molecule has 1 N–H and O–H groups in total. The fraction of sp³-hybridized carbons (Fsp3) is 0.286. The molecule has 63 heavy (non-hydrogen) atoms. The first-order valence-corrected chi connectivity index (χ1v) is 21.9. The summed E-state index contributed by atoms with van der Waals surface area (Å²) in [6.45, 7) is 4.84. The van der Waals surface area contributed by atoms with E-state index in [1.165, 1.54) is 11.5 Å². The van der Waals surface area contributed by atoms with Gasteiger partial charge < -0.3 is 33.7 Å². The molecule has 1 saturated heterocycles. The Morgan fingerprint density at radius 3 is 2.49 bits per heavy atom. The molecule has 4 aromatic carbocycles. The van der Waals surface area contributed by atoms with Crippen molar-refractivity contribution in [3.63, 3.8) is 0 Å². The molecule has 3 aromatic heterocycles. The largest absolute Gasteiger partial charge is 0.497 e. The van der Waals surface area contributed by atoms with Gasteiger partial charge in [0.05, 0.1) is 52.9 Å². The Hall–Kier alpha value is -6.28. The first-order chi connectivity index (χ1) is 30.7. The van der Waals surface area contributed by atoms with Crippen molar-refractivity contribution in [2.75, 3.05) is 41.0 Å². The number of pyridine rings is 1. The SMILES string of the molecule is COc1cccc(-c2ncc3snc(OC(Cc4ccccc4OCc4ccnc(-c5ccccc5OC)n4)C(=O)O)c3c2-c2ccc(OCCC3CCN(C)CC3)c(Cl)c2C)c1. The van der Waals surface area contributed by atoms with E-state index in [0.717, 1.165) is 54.6 Å². The van der Waals surface area contributed by atoms with Gasteiger partial charge in [-0.1, -0.05) is 60.1 Å². The predicted molar refractivity (Wildman–Crippen MR) is 245 cm³/mol. The van der Waals surface area contributed by atoms with Gasteiger partial charge in [0, 0.05) is 29.9 Å². The van der Waals surface area contributed by atoms with Gasteiger partial charge in [-0.15, -0.1) is 0 Å². The smallest absolute Gasteiger partial charge is 0.345 e. The summed E-state index contributed by atoms with van der Waals surface area (Å²) in [5.41, 5.74) is 5.71. The molecule has 1 fully saturated rings. The fourth-order valence-electron chi connectivity index (χ4n) is 7.89. The van der Waals surface area contributed by atoms with Crippen LogP contribution in [0.15, 0.2) is 103 Å². The van der Waals surface area contributed by atoms with Crippen LogP contribution in [0.5, 0.6) is 28.9 Å². The molecule has 324 valence electrons. The van der Waals surface area contributed by atoms with Crippen molar-refractivity contribution in [1.82, 2.24) is 24.2 Å². The van der Waals surface area contributed by atoms with Crippen LogP contribution in [0.25, 0.3) is 43.9 Å². The number of carbonyl (C=O) groups is 1. The van der Waals surface area contributed by atoms with Crippen LogP contribution < -0.4 is 23.7 Å². The second kappa shape index (κ2) is 19.8. The number of halogens is 1. The Morgan fingerprint density at radius 1 is 0.905 bits per heavy atom. The normalized spacial score (nSPS) is 13.7. The maximum absolute atomic E-state index is 13.1. The molecule has 8 rings (SSSR count). The van der Waals surface area contributed by atoms with Crippen LogP contribution >= 0.6 is 23.1 Å². The van der Waals surface area contributed by atoms with Crippen LogP contribution in [0.3, 0.4) is 0 Å². The van der Waals surface area contributed by atoms with Crippen molar-refractivity contribution < 1.29 is 33.6 Å². The van der Waals surface area contributed by atoms with Crippen molar-refractivity contribution in [2.45, 2.75) is 45.3 Å². The zero-order chi connectivity index (χ0) is 43.9. The number of methoxy groups -OCH3 is 2. The maximum Gasteiger partial charge on any atom is 0.345 e. The highest BCUT2D eigenvalue weighted by atomic mass is 35.5. The monoisotopic (exact) mass is 885 g/mol. The number of benzene rings is 4. The molecule has 0 saturated carbocycles. The first-order valence-electron chi connectivity index (χ1n) is 20.8. The van der Waals surface area contributed by atoms with Crippen LogP contribution in [0.1, 0.15) is 36.1 Å². The second-order valence-corrected chi connectivity index (χ2v) is 16.7. The van der Waals surface area contributed by atoms with E-state index in [0.29, 0.717) is 79.0 Å². The number of carboxylic acid groups (broad SMARTS) is 1. The second-order valence-electron chi connectivity index (χ2n) is 15.5. The van der Waals surface area contributed by atoms with Crippen molar-refractivity contribution in [3.8, 4) is 62.7 Å². The lowest BCUT2D eigenvalue weighted by atomic mass is 9.93. The zero-order valence-electron chi connectivity index (χ0n) is 35.5. The lowest BCUT2D eigenvalue weighted by Gasteiger charge is -2.28. The minimum Gasteiger partial charge on any atom is -0.497 e. The summed E-state index contributed by atoms with van der Waals surface area (Å²) >= 11 is 8.31. The quantitative estimate of drug-likeness (QED) is 0.0931. The number of fused-ring (bicyclic) bond motifs is 1. The van der Waals surface area contributed by atoms with Crippen LogP contribution in [-0.4, -0.2) is 82.4 Å². The third kappa shape index (κ3) is 9.86. The van der Waals surface area contributed by atoms with Crippen molar-refractivity contribution in [3.05, 3.63) is 125 Å². The Balaban J connectivity index is 1.09. The molecule has 1 unspecified atom stereocenters. The van der Waals surface area contributed by atoms with Gasteiger partial charge in [0.1, 0.15) is 29.6 Å². The summed E-state index contributed by atoms with van der Waals surface area (Å²) in [6, 6.07) is 28.1. The average molecular weight is 886 g/mol. The number of ether oxygens (including phenoxy) is 5.